The summed E-state index contributed by atoms with van der Waals surface area (Å²) in [4.78, 5) is 24.9. The molecule has 1 saturated heterocycles. The molecule has 1 aliphatic heterocycles. The third-order valence-corrected chi connectivity index (χ3v) is 3.48. The van der Waals surface area contributed by atoms with Gasteiger partial charge in [0.1, 0.15) is 11.6 Å². The van der Waals surface area contributed by atoms with Gasteiger partial charge >= 0.3 is 6.09 Å². The predicted octanol–water partition coefficient (Wildman–Crippen LogP) is 3.78. The van der Waals surface area contributed by atoms with Crippen molar-refractivity contribution in [1.29, 1.82) is 0 Å². The molecule has 7 heteroatoms. The third kappa shape index (κ3) is 3.02. The maximum Gasteiger partial charge on any atom is 0.422 e. The fourth-order valence-corrected chi connectivity index (χ4v) is 2.28. The minimum absolute atomic E-state index is 0.0788. The maximum absolute atomic E-state index is 14.1. The molecule has 0 aromatic heterocycles. The first-order valence-corrected chi connectivity index (χ1v) is 7.41. The van der Waals surface area contributed by atoms with E-state index in [-0.39, 0.29) is 22.4 Å². The maximum atomic E-state index is 14.1. The molecular formula is C15H17ClFNO4. The van der Waals surface area contributed by atoms with E-state index in [4.69, 9.17) is 21.1 Å². The molecule has 1 aromatic rings. The summed E-state index contributed by atoms with van der Waals surface area (Å²) >= 11 is 5.91. The number of cyclic esters (lactones) is 1. The Hall–Kier alpha value is -1.82. The Morgan fingerprint density at radius 2 is 2.09 bits per heavy atom. The van der Waals surface area contributed by atoms with E-state index in [0.29, 0.717) is 11.5 Å². The molecule has 0 saturated carbocycles. The Kier molecular flexibility index (Phi) is 4.90. The van der Waals surface area contributed by atoms with E-state index in [9.17, 15) is 14.0 Å². The van der Waals surface area contributed by atoms with Crippen LogP contribution in [0.25, 0.3) is 0 Å². The molecule has 0 radical (unpaired) electrons. The second kappa shape index (κ2) is 6.52. The molecule has 0 aliphatic carbocycles. The summed E-state index contributed by atoms with van der Waals surface area (Å²) in [6, 6.07) is 2.26. The molecule has 1 heterocycles. The van der Waals surface area contributed by atoms with Crippen LogP contribution in [0, 0.1) is 11.7 Å². The quantitative estimate of drug-likeness (QED) is 0.825. The van der Waals surface area contributed by atoms with Crippen LogP contribution in [0.2, 0.25) is 5.02 Å². The van der Waals surface area contributed by atoms with Crippen molar-refractivity contribution in [2.45, 2.75) is 33.3 Å². The highest BCUT2D eigenvalue weighted by Gasteiger charge is 2.44. The van der Waals surface area contributed by atoms with Crippen LogP contribution in [0.15, 0.2) is 12.1 Å². The lowest BCUT2D eigenvalue weighted by molar-refractivity contribution is -0.123. The average molecular weight is 330 g/mol. The van der Waals surface area contributed by atoms with Crippen LogP contribution in [0.4, 0.5) is 14.9 Å². The molecule has 1 unspecified atom stereocenters. The van der Waals surface area contributed by atoms with Gasteiger partial charge in [-0.05, 0) is 18.4 Å². The van der Waals surface area contributed by atoms with Crippen LogP contribution in [-0.2, 0) is 9.53 Å². The second-order valence-electron chi connectivity index (χ2n) is 5.30. The molecular weight excluding hydrogens is 313 g/mol. The topological polar surface area (TPSA) is 55.8 Å². The molecule has 2 rings (SSSR count). The molecule has 5 nitrogen and oxygen atoms in total. The number of carbonyl (C=O) groups is 2. The summed E-state index contributed by atoms with van der Waals surface area (Å²) in [5, 5.41) is 0.0788. The highest BCUT2D eigenvalue weighted by Crippen LogP contribution is 2.35. The molecule has 1 aromatic carbocycles. The van der Waals surface area contributed by atoms with Gasteiger partial charge in [-0.15, -0.1) is 0 Å². The van der Waals surface area contributed by atoms with Crippen LogP contribution >= 0.6 is 11.6 Å². The standard InChI is InChI=1S/C15H17ClFNO4/c1-4-5-21-12-7-11(10(17)6-9(12)16)18-14(19)13(8(2)3)22-15(18)20/h6-8,13H,4-5H2,1-3H3. The third-order valence-electron chi connectivity index (χ3n) is 3.18. The van der Waals surface area contributed by atoms with Crippen molar-refractivity contribution in [1.82, 2.24) is 0 Å². The molecule has 120 valence electrons. The van der Waals surface area contributed by atoms with E-state index in [2.05, 4.69) is 0 Å². The van der Waals surface area contributed by atoms with Crippen molar-refractivity contribution >= 4 is 29.3 Å². The van der Waals surface area contributed by atoms with Gasteiger partial charge in [-0.25, -0.2) is 14.1 Å². The Bertz CT molecular complexity index is 605. The predicted molar refractivity (Wildman–Crippen MR) is 79.8 cm³/mol. The largest absolute Gasteiger partial charge is 0.492 e. The van der Waals surface area contributed by atoms with E-state index in [1.54, 1.807) is 13.8 Å². The average Bonchev–Trinajstić information content (AvgIpc) is 2.74. The number of hydrogen-bond acceptors (Lipinski definition) is 4. The second-order valence-corrected chi connectivity index (χ2v) is 5.71. The summed E-state index contributed by atoms with van der Waals surface area (Å²) in [5.41, 5.74) is -0.214. The Balaban J connectivity index is 2.39. The molecule has 22 heavy (non-hydrogen) atoms. The molecule has 0 spiro atoms. The molecule has 0 bridgehead atoms. The number of anilines is 1. The zero-order valence-corrected chi connectivity index (χ0v) is 13.3. The lowest BCUT2D eigenvalue weighted by atomic mass is 10.1. The SMILES string of the molecule is CCCOc1cc(N2C(=O)OC(C(C)C)C2=O)c(F)cc1Cl. The van der Waals surface area contributed by atoms with Crippen molar-refractivity contribution < 1.29 is 23.5 Å². The number of rotatable bonds is 5. The normalized spacial score (nSPS) is 18.1. The zero-order valence-electron chi connectivity index (χ0n) is 12.6. The summed E-state index contributed by atoms with van der Waals surface area (Å²) in [5.74, 6) is -1.37. The lowest BCUT2D eigenvalue weighted by Crippen LogP contribution is -2.33. The number of halogens is 2. The lowest BCUT2D eigenvalue weighted by Gasteiger charge is -2.15. The van der Waals surface area contributed by atoms with Gasteiger partial charge in [-0.3, -0.25) is 4.79 Å². The van der Waals surface area contributed by atoms with Gasteiger partial charge < -0.3 is 9.47 Å². The fourth-order valence-electron chi connectivity index (χ4n) is 2.08. The Morgan fingerprint density at radius 1 is 1.41 bits per heavy atom. The number of imide groups is 1. The number of amides is 2. The monoisotopic (exact) mass is 329 g/mol. The first kappa shape index (κ1) is 16.5. The molecule has 1 fully saturated rings. The first-order chi connectivity index (χ1) is 10.4. The minimum Gasteiger partial charge on any atom is -0.492 e. The molecule has 2 amide bonds. The van der Waals surface area contributed by atoms with Crippen LogP contribution in [0.3, 0.4) is 0 Å². The van der Waals surface area contributed by atoms with Crippen LogP contribution in [-0.4, -0.2) is 24.7 Å². The summed E-state index contributed by atoms with van der Waals surface area (Å²) in [6.45, 7) is 5.78. The van der Waals surface area contributed by atoms with Gasteiger partial charge in [0.25, 0.3) is 5.91 Å². The highest BCUT2D eigenvalue weighted by atomic mass is 35.5. The summed E-state index contributed by atoms with van der Waals surface area (Å²) in [6.07, 6.45) is -1.07. The van der Waals surface area contributed by atoms with Gasteiger partial charge in [-0.2, -0.15) is 0 Å². The van der Waals surface area contributed by atoms with Crippen molar-refractivity contribution in [3.63, 3.8) is 0 Å². The molecule has 0 N–H and O–H groups in total. The molecule has 1 atom stereocenters. The first-order valence-electron chi connectivity index (χ1n) is 7.03. The van der Waals surface area contributed by atoms with Gasteiger partial charge in [0, 0.05) is 6.07 Å². The Labute approximate surface area is 132 Å². The fraction of sp³-hybridized carbons (Fsp3) is 0.467. The van der Waals surface area contributed by atoms with Gasteiger partial charge in [-0.1, -0.05) is 32.4 Å². The van der Waals surface area contributed by atoms with Crippen molar-refractivity contribution in [2.75, 3.05) is 11.5 Å². The van der Waals surface area contributed by atoms with E-state index < -0.39 is 23.9 Å². The minimum atomic E-state index is -0.914. The van der Waals surface area contributed by atoms with Gasteiger partial charge in [0.15, 0.2) is 6.10 Å². The number of ether oxygens (including phenoxy) is 2. The Morgan fingerprint density at radius 3 is 2.64 bits per heavy atom. The molecule has 1 aliphatic rings. The smallest absolute Gasteiger partial charge is 0.422 e. The zero-order chi connectivity index (χ0) is 16.4. The number of hydrogen-bond donors (Lipinski definition) is 0. The number of nitrogens with zero attached hydrogens (tertiary/aromatic N) is 1. The van der Waals surface area contributed by atoms with E-state index in [0.717, 1.165) is 12.5 Å². The van der Waals surface area contributed by atoms with Gasteiger partial charge in [0.2, 0.25) is 0 Å². The van der Waals surface area contributed by atoms with E-state index in [1.807, 2.05) is 6.92 Å². The van der Waals surface area contributed by atoms with Gasteiger partial charge in [0.05, 0.1) is 17.3 Å². The highest BCUT2D eigenvalue weighted by molar-refractivity contribution is 6.32. The summed E-state index contributed by atoms with van der Waals surface area (Å²) < 4.78 is 24.5. The van der Waals surface area contributed by atoms with E-state index >= 15 is 0 Å². The van der Waals surface area contributed by atoms with Crippen molar-refractivity contribution in [2.24, 2.45) is 5.92 Å². The summed E-state index contributed by atoms with van der Waals surface area (Å²) in [7, 11) is 0. The van der Waals surface area contributed by atoms with Crippen LogP contribution in [0.1, 0.15) is 27.2 Å². The van der Waals surface area contributed by atoms with E-state index in [1.165, 1.54) is 6.07 Å². The van der Waals surface area contributed by atoms with Crippen molar-refractivity contribution in [3.8, 4) is 5.75 Å². The van der Waals surface area contributed by atoms with Crippen LogP contribution < -0.4 is 9.64 Å². The van der Waals surface area contributed by atoms with Crippen LogP contribution in [0.5, 0.6) is 5.75 Å². The number of benzene rings is 1. The van der Waals surface area contributed by atoms with Crippen molar-refractivity contribution in [3.05, 3.63) is 23.0 Å². The number of carbonyl (C=O) groups excluding carboxylic acids is 2.